The van der Waals surface area contributed by atoms with Gasteiger partial charge in [0.05, 0.1) is 7.32 Å². The number of hydrogen-bond acceptors (Lipinski definition) is 3. The van der Waals surface area contributed by atoms with E-state index >= 15 is 0 Å². The molecule has 0 saturated heterocycles. The molecule has 3 nitrogen and oxygen atoms in total. The fourth-order valence-electron chi connectivity index (χ4n) is 0. The molecule has 0 unspecified atom stereocenters. The molecule has 0 saturated carbocycles. The summed E-state index contributed by atoms with van der Waals surface area (Å²) in [5.74, 6) is 0. The summed E-state index contributed by atoms with van der Waals surface area (Å²) >= 11 is 0. The minimum atomic E-state index is -2.67. The van der Waals surface area contributed by atoms with E-state index in [1.165, 1.54) is 0 Å². The molecule has 8 heteroatoms. The van der Waals surface area contributed by atoms with Gasteiger partial charge in [-0.2, -0.15) is 0 Å². The Kier molecular flexibility index (Phi) is 93.6. The molecule has 0 fully saturated rings. The fourth-order valence-corrected chi connectivity index (χ4v) is 0. The molecule has 8 heavy (non-hydrogen) atoms. The van der Waals surface area contributed by atoms with Gasteiger partial charge < -0.3 is 66.0 Å². The quantitative estimate of drug-likeness (QED) is 0.441. The Morgan fingerprint density at radius 1 is 1.00 bits per heavy atom. The molecule has 0 aliphatic rings. The van der Waals surface area contributed by atoms with E-state index in [9.17, 15) is 0 Å². The van der Waals surface area contributed by atoms with Crippen LogP contribution in [0.15, 0.2) is 0 Å². The maximum Gasteiger partial charge on any atom is 5.00 e. The Balaban J connectivity index is -0.00000000750. The molecule has 0 atom stereocenters. The smallest absolute Gasteiger partial charge is 1.00 e. The van der Waals surface area contributed by atoms with E-state index in [2.05, 4.69) is 0 Å². The maximum atomic E-state index is 8.53. The van der Waals surface area contributed by atoms with Crippen LogP contribution >= 0.6 is 0 Å². The summed E-state index contributed by atoms with van der Waals surface area (Å²) in [6.07, 6.45) is 0. The Hall–Kier alpha value is 1.97. The zero-order valence-electron chi connectivity index (χ0n) is 3.42. The van der Waals surface area contributed by atoms with E-state index in [0.717, 1.165) is 0 Å². The molecule has 0 aromatic heterocycles. The average Bonchev–Trinajstić information content (AvgIpc) is 0.811. The third kappa shape index (κ3) is 99.8. The van der Waals surface area contributed by atoms with Gasteiger partial charge in [0.25, 0.3) is 0 Å². The second-order valence-corrected chi connectivity index (χ2v) is 0.307. The van der Waals surface area contributed by atoms with Crippen molar-refractivity contribution in [3.05, 3.63) is 0 Å². The van der Waals surface area contributed by atoms with Crippen molar-refractivity contribution in [2.24, 2.45) is 0 Å². The summed E-state index contributed by atoms with van der Waals surface area (Å²) < 4.78 is 0. The molecule has 0 amide bonds. The van der Waals surface area contributed by atoms with Crippen LogP contribution < -0.4 is 61.0 Å². The zero-order valence-corrected chi connectivity index (χ0v) is 9.58. The van der Waals surface area contributed by atoms with Crippen molar-refractivity contribution in [3.8, 4) is 0 Å². The third-order valence-electron chi connectivity index (χ3n) is 0. The predicted molar refractivity (Wildman–Crippen MR) is 7.97 cm³/mol. The van der Waals surface area contributed by atoms with Crippen molar-refractivity contribution in [2.45, 2.75) is 0 Å². The molecule has 0 heterocycles. The zero-order chi connectivity index (χ0) is 3.58. The van der Waals surface area contributed by atoms with Crippen LogP contribution in [0.5, 0.6) is 0 Å². The molecular weight excluding hydrogens is 349 g/mol. The van der Waals surface area contributed by atoms with Gasteiger partial charge in [-0.05, 0) is 0 Å². The number of rotatable bonds is 0. The summed E-state index contributed by atoms with van der Waals surface area (Å²) in [4.78, 5) is 0. The van der Waals surface area contributed by atoms with Crippen LogP contribution in [0.4, 0.5) is 0 Å². The van der Waals surface area contributed by atoms with Gasteiger partial charge in [0.1, 0.15) is 0 Å². The van der Waals surface area contributed by atoms with Crippen molar-refractivity contribution in [3.63, 3.8) is 0 Å². The Morgan fingerprint density at radius 3 is 1.00 bits per heavy atom. The first kappa shape index (κ1) is 32.5. The minimum Gasteiger partial charge on any atom is -1.00 e. The van der Waals surface area contributed by atoms with Crippen molar-refractivity contribution < 1.29 is 84.6 Å². The SMILES string of the molecule is [Br-].[Br-].[Br-].[O-]B([O-])O.[V+5]. The molecule has 0 aliphatic heterocycles. The van der Waals surface area contributed by atoms with Gasteiger partial charge in [0, 0.05) is 0 Å². The van der Waals surface area contributed by atoms with Gasteiger partial charge in [0.15, 0.2) is 0 Å². The van der Waals surface area contributed by atoms with Crippen LogP contribution in [0.25, 0.3) is 0 Å². The van der Waals surface area contributed by atoms with E-state index in [-0.39, 0.29) is 69.5 Å². The van der Waals surface area contributed by atoms with Crippen molar-refractivity contribution in [1.29, 1.82) is 0 Å². The first-order valence-corrected chi connectivity index (χ1v) is 0.730. The molecule has 0 radical (unpaired) electrons. The minimum absolute atomic E-state index is 0. The topological polar surface area (TPSA) is 66.3 Å². The second kappa shape index (κ2) is 23.1. The van der Waals surface area contributed by atoms with Crippen LogP contribution in [0.1, 0.15) is 0 Å². The van der Waals surface area contributed by atoms with Crippen molar-refractivity contribution >= 4 is 7.32 Å². The van der Waals surface area contributed by atoms with E-state index in [1.54, 1.807) is 0 Å². The maximum absolute atomic E-state index is 8.53. The molecule has 48 valence electrons. The third-order valence-corrected chi connectivity index (χ3v) is 0. The van der Waals surface area contributed by atoms with E-state index < -0.39 is 7.32 Å². The van der Waals surface area contributed by atoms with E-state index in [0.29, 0.717) is 0 Å². The Labute approximate surface area is 91.2 Å². The van der Waals surface area contributed by atoms with E-state index in [4.69, 9.17) is 15.1 Å². The number of halogens is 3. The van der Waals surface area contributed by atoms with Crippen LogP contribution in [-0.4, -0.2) is 12.3 Å². The van der Waals surface area contributed by atoms with Gasteiger partial charge in [-0.1, -0.05) is 0 Å². The standard InChI is InChI=1S/BHO3.3BrH.V/c2-1(3)4;;;;/h2H;3*1H;/q-2;;;;+5/p-3. The van der Waals surface area contributed by atoms with Crippen LogP contribution in [-0.2, 0) is 18.6 Å². The van der Waals surface area contributed by atoms with Gasteiger partial charge in [-0.15, -0.1) is 0 Å². The molecule has 0 aromatic rings. The first-order valence-electron chi connectivity index (χ1n) is 0.730. The molecular formula is HBBr3O3V. The number of hydrogen-bond donors (Lipinski definition) is 1. The van der Waals surface area contributed by atoms with Gasteiger partial charge in [-0.3, -0.25) is 0 Å². The molecule has 0 rings (SSSR count). The Morgan fingerprint density at radius 2 is 1.00 bits per heavy atom. The van der Waals surface area contributed by atoms with E-state index in [1.807, 2.05) is 0 Å². The first-order chi connectivity index (χ1) is 1.73. The molecule has 1 N–H and O–H groups in total. The Bertz CT molecular complexity index is 19.2. The predicted octanol–water partition coefficient (Wildman–Crippen LogP) is -12.3. The molecule has 0 aromatic carbocycles. The molecule has 0 aliphatic carbocycles. The van der Waals surface area contributed by atoms with Crippen LogP contribution in [0.2, 0.25) is 0 Å². The summed E-state index contributed by atoms with van der Waals surface area (Å²) in [6.45, 7) is 0. The van der Waals surface area contributed by atoms with Crippen molar-refractivity contribution in [2.75, 3.05) is 0 Å². The van der Waals surface area contributed by atoms with Gasteiger partial charge >= 0.3 is 18.6 Å². The average molecular weight is 350 g/mol. The molecule has 0 bridgehead atoms. The summed E-state index contributed by atoms with van der Waals surface area (Å²) in [5, 5.41) is 24.0. The normalized spacial score (nSPS) is 3.38. The molecule has 0 spiro atoms. The van der Waals surface area contributed by atoms with Crippen molar-refractivity contribution in [1.82, 2.24) is 0 Å². The fraction of sp³-hybridized carbons (Fsp3) is 0. The second-order valence-electron chi connectivity index (χ2n) is 0.307. The van der Waals surface area contributed by atoms with Crippen LogP contribution in [0, 0.1) is 0 Å². The van der Waals surface area contributed by atoms with Gasteiger partial charge in [-0.25, -0.2) is 0 Å². The van der Waals surface area contributed by atoms with Crippen LogP contribution in [0.3, 0.4) is 0 Å². The summed E-state index contributed by atoms with van der Waals surface area (Å²) in [5.41, 5.74) is 0. The monoisotopic (exact) mass is 348 g/mol. The largest absolute Gasteiger partial charge is 5.00 e. The summed E-state index contributed by atoms with van der Waals surface area (Å²) in [7, 11) is -2.67. The summed E-state index contributed by atoms with van der Waals surface area (Å²) in [6, 6.07) is 0. The van der Waals surface area contributed by atoms with Gasteiger partial charge in [0.2, 0.25) is 0 Å².